The van der Waals surface area contributed by atoms with Gasteiger partial charge in [0.1, 0.15) is 0 Å². The predicted octanol–water partition coefficient (Wildman–Crippen LogP) is 1.44. The summed E-state index contributed by atoms with van der Waals surface area (Å²) in [7, 11) is 1.70. The Hall–Kier alpha value is -0.910. The van der Waals surface area contributed by atoms with E-state index in [1.807, 2.05) is 16.9 Å². The third kappa shape index (κ3) is 6.74. The van der Waals surface area contributed by atoms with Gasteiger partial charge in [0.2, 0.25) is 0 Å². The van der Waals surface area contributed by atoms with Gasteiger partial charge >= 0.3 is 0 Å². The molecule has 0 aromatic carbocycles. The fourth-order valence-corrected chi connectivity index (χ4v) is 1.52. The first kappa shape index (κ1) is 15.1. The van der Waals surface area contributed by atoms with Crippen molar-refractivity contribution < 1.29 is 9.47 Å². The van der Waals surface area contributed by atoms with Gasteiger partial charge in [-0.2, -0.15) is 5.10 Å². The SMILES string of the molecule is CCCCOCCn1ccc(CNCCOC)n1. The number of nitrogens with one attached hydrogen (secondary N) is 1. The number of ether oxygens (including phenoxy) is 2. The molecule has 1 aromatic rings. The van der Waals surface area contributed by atoms with Crippen molar-refractivity contribution in [1.82, 2.24) is 15.1 Å². The molecule has 18 heavy (non-hydrogen) atoms. The molecule has 5 nitrogen and oxygen atoms in total. The van der Waals surface area contributed by atoms with Crippen LogP contribution in [0.2, 0.25) is 0 Å². The van der Waals surface area contributed by atoms with Gasteiger partial charge in [-0.05, 0) is 12.5 Å². The summed E-state index contributed by atoms with van der Waals surface area (Å²) in [6.07, 6.45) is 4.31. The monoisotopic (exact) mass is 255 g/mol. The predicted molar refractivity (Wildman–Crippen MR) is 71.5 cm³/mol. The summed E-state index contributed by atoms with van der Waals surface area (Å²) < 4.78 is 12.4. The van der Waals surface area contributed by atoms with Crippen LogP contribution in [0.25, 0.3) is 0 Å². The van der Waals surface area contributed by atoms with Gasteiger partial charge in [-0.3, -0.25) is 4.68 Å². The second kappa shape index (κ2) is 10.1. The van der Waals surface area contributed by atoms with Crippen LogP contribution in [-0.4, -0.2) is 43.3 Å². The van der Waals surface area contributed by atoms with E-state index in [0.717, 1.165) is 51.6 Å². The second-order valence-corrected chi connectivity index (χ2v) is 4.21. The summed E-state index contributed by atoms with van der Waals surface area (Å²) in [4.78, 5) is 0. The van der Waals surface area contributed by atoms with Crippen LogP contribution < -0.4 is 5.32 Å². The van der Waals surface area contributed by atoms with Crippen LogP contribution in [0, 0.1) is 0 Å². The molecule has 0 aliphatic heterocycles. The number of aromatic nitrogens is 2. The van der Waals surface area contributed by atoms with Gasteiger partial charge < -0.3 is 14.8 Å². The highest BCUT2D eigenvalue weighted by atomic mass is 16.5. The van der Waals surface area contributed by atoms with E-state index in [-0.39, 0.29) is 0 Å². The maximum absolute atomic E-state index is 5.51. The lowest BCUT2D eigenvalue weighted by molar-refractivity contribution is 0.121. The van der Waals surface area contributed by atoms with E-state index in [9.17, 15) is 0 Å². The Kier molecular flexibility index (Phi) is 8.46. The van der Waals surface area contributed by atoms with E-state index in [1.54, 1.807) is 7.11 Å². The van der Waals surface area contributed by atoms with Crippen LogP contribution in [0.3, 0.4) is 0 Å². The summed E-state index contributed by atoms with van der Waals surface area (Å²) in [6, 6.07) is 2.03. The van der Waals surface area contributed by atoms with Crippen LogP contribution >= 0.6 is 0 Å². The van der Waals surface area contributed by atoms with Gasteiger partial charge in [0, 0.05) is 33.0 Å². The highest BCUT2D eigenvalue weighted by Crippen LogP contribution is 1.96. The molecule has 5 heteroatoms. The summed E-state index contributed by atoms with van der Waals surface area (Å²) in [5.74, 6) is 0. The topological polar surface area (TPSA) is 48.3 Å². The molecule has 0 amide bonds. The molecule has 1 rings (SSSR count). The minimum atomic E-state index is 0.728. The fourth-order valence-electron chi connectivity index (χ4n) is 1.52. The van der Waals surface area contributed by atoms with Gasteiger partial charge in [-0.25, -0.2) is 0 Å². The minimum absolute atomic E-state index is 0.728. The average molecular weight is 255 g/mol. The molecule has 1 aromatic heterocycles. The Morgan fingerprint density at radius 2 is 2.22 bits per heavy atom. The molecule has 0 unspecified atom stereocenters. The normalized spacial score (nSPS) is 11.0. The molecular formula is C13H25N3O2. The molecule has 0 fully saturated rings. The largest absolute Gasteiger partial charge is 0.383 e. The van der Waals surface area contributed by atoms with Crippen LogP contribution in [0.1, 0.15) is 25.5 Å². The second-order valence-electron chi connectivity index (χ2n) is 4.21. The number of rotatable bonds is 11. The lowest BCUT2D eigenvalue weighted by Gasteiger charge is -2.04. The molecule has 0 aliphatic carbocycles. The maximum atomic E-state index is 5.51. The third-order valence-electron chi connectivity index (χ3n) is 2.59. The maximum Gasteiger partial charge on any atom is 0.0762 e. The number of nitrogens with zero attached hydrogens (tertiary/aromatic N) is 2. The van der Waals surface area contributed by atoms with Gasteiger partial charge in [0.05, 0.1) is 25.5 Å². The molecular weight excluding hydrogens is 230 g/mol. The number of methoxy groups -OCH3 is 1. The Balaban J connectivity index is 2.10. The van der Waals surface area contributed by atoms with Crippen LogP contribution in [0.4, 0.5) is 0 Å². The van der Waals surface area contributed by atoms with Crippen molar-refractivity contribution in [2.75, 3.05) is 33.5 Å². The lowest BCUT2D eigenvalue weighted by atomic mass is 10.4. The first-order chi connectivity index (χ1) is 8.86. The third-order valence-corrected chi connectivity index (χ3v) is 2.59. The standard InChI is InChI=1S/C13H25N3O2/c1-3-4-9-18-11-8-16-7-5-13(15-16)12-14-6-10-17-2/h5,7,14H,3-4,6,8-12H2,1-2H3. The van der Waals surface area contributed by atoms with Crippen molar-refractivity contribution in [2.45, 2.75) is 32.9 Å². The molecule has 0 bridgehead atoms. The molecule has 0 atom stereocenters. The van der Waals surface area contributed by atoms with Crippen molar-refractivity contribution in [3.8, 4) is 0 Å². The summed E-state index contributed by atoms with van der Waals surface area (Å²) >= 11 is 0. The first-order valence-electron chi connectivity index (χ1n) is 6.66. The van der Waals surface area contributed by atoms with E-state index in [4.69, 9.17) is 9.47 Å². The lowest BCUT2D eigenvalue weighted by Crippen LogP contribution is -2.19. The number of hydrogen-bond donors (Lipinski definition) is 1. The van der Waals surface area contributed by atoms with Crippen LogP contribution in [0.15, 0.2) is 12.3 Å². The summed E-state index contributed by atoms with van der Waals surface area (Å²) in [5.41, 5.74) is 1.06. The zero-order chi connectivity index (χ0) is 13.1. The molecule has 0 radical (unpaired) electrons. The minimum Gasteiger partial charge on any atom is -0.383 e. The van der Waals surface area contributed by atoms with Crippen molar-refractivity contribution in [2.24, 2.45) is 0 Å². The van der Waals surface area contributed by atoms with Crippen LogP contribution in [0.5, 0.6) is 0 Å². The molecule has 0 saturated carbocycles. The Labute approximate surface area is 109 Å². The molecule has 0 aliphatic rings. The van der Waals surface area contributed by atoms with Crippen molar-refractivity contribution in [3.63, 3.8) is 0 Å². The van der Waals surface area contributed by atoms with Crippen LogP contribution in [-0.2, 0) is 22.6 Å². The highest BCUT2D eigenvalue weighted by Gasteiger charge is 1.98. The number of hydrogen-bond acceptors (Lipinski definition) is 4. The first-order valence-corrected chi connectivity index (χ1v) is 6.66. The average Bonchev–Trinajstić information content (AvgIpc) is 2.82. The van der Waals surface area contributed by atoms with E-state index in [2.05, 4.69) is 17.3 Å². The van der Waals surface area contributed by atoms with E-state index >= 15 is 0 Å². The quantitative estimate of drug-likeness (QED) is 0.608. The smallest absolute Gasteiger partial charge is 0.0762 e. The zero-order valence-corrected chi connectivity index (χ0v) is 11.5. The fraction of sp³-hybridized carbons (Fsp3) is 0.769. The van der Waals surface area contributed by atoms with Gasteiger partial charge in [-0.15, -0.1) is 0 Å². The van der Waals surface area contributed by atoms with E-state index in [1.165, 1.54) is 6.42 Å². The van der Waals surface area contributed by atoms with Gasteiger partial charge in [0.25, 0.3) is 0 Å². The van der Waals surface area contributed by atoms with Gasteiger partial charge in [-0.1, -0.05) is 13.3 Å². The molecule has 1 heterocycles. The van der Waals surface area contributed by atoms with Crippen molar-refractivity contribution in [3.05, 3.63) is 18.0 Å². The summed E-state index contributed by atoms with van der Waals surface area (Å²) in [5, 5.41) is 7.73. The van der Waals surface area contributed by atoms with Crippen molar-refractivity contribution in [1.29, 1.82) is 0 Å². The summed E-state index contributed by atoms with van der Waals surface area (Å²) in [6.45, 7) is 6.94. The Bertz CT molecular complexity index is 302. The molecule has 0 spiro atoms. The molecule has 0 saturated heterocycles. The van der Waals surface area contributed by atoms with Crippen molar-refractivity contribution >= 4 is 0 Å². The Morgan fingerprint density at radius 3 is 3.00 bits per heavy atom. The highest BCUT2D eigenvalue weighted by molar-refractivity contribution is 4.98. The van der Waals surface area contributed by atoms with Gasteiger partial charge in [0.15, 0.2) is 0 Å². The number of unbranched alkanes of at least 4 members (excludes halogenated alkanes) is 1. The zero-order valence-electron chi connectivity index (χ0n) is 11.5. The van der Waals surface area contributed by atoms with E-state index in [0.29, 0.717) is 0 Å². The van der Waals surface area contributed by atoms with E-state index < -0.39 is 0 Å². The molecule has 104 valence electrons. The Morgan fingerprint density at radius 1 is 1.33 bits per heavy atom. The molecule has 1 N–H and O–H groups in total.